The molecule has 1 nitrogen and oxygen atoms in total. The Labute approximate surface area is 109 Å². The Hall–Kier alpha value is -1.28. The summed E-state index contributed by atoms with van der Waals surface area (Å²) >= 11 is 3.52. The highest BCUT2D eigenvalue weighted by Crippen LogP contribution is 2.41. The molecular weight excluding hydrogens is 276 g/mol. The minimum atomic E-state index is 0.337. The van der Waals surface area contributed by atoms with Gasteiger partial charge in [-0.25, -0.2) is 0 Å². The number of aromatic hydroxyl groups is 1. The molecular formula is C15H13BrO. The number of phenolic OH excluding ortho intramolecular Hbond substituents is 1. The Morgan fingerprint density at radius 3 is 2.76 bits per heavy atom. The number of hydrogen-bond donors (Lipinski definition) is 1. The first-order valence-electron chi connectivity index (χ1n) is 5.77. The molecule has 17 heavy (non-hydrogen) atoms. The van der Waals surface area contributed by atoms with Gasteiger partial charge in [-0.1, -0.05) is 35.0 Å². The molecule has 1 aliphatic rings. The van der Waals surface area contributed by atoms with E-state index in [1.807, 2.05) is 12.1 Å². The molecule has 2 aromatic rings. The molecule has 86 valence electrons. The van der Waals surface area contributed by atoms with Gasteiger partial charge in [0.1, 0.15) is 5.75 Å². The topological polar surface area (TPSA) is 20.2 Å². The van der Waals surface area contributed by atoms with Crippen molar-refractivity contribution >= 4 is 15.9 Å². The van der Waals surface area contributed by atoms with E-state index in [-0.39, 0.29) is 0 Å². The molecule has 0 spiro atoms. The molecule has 1 aliphatic carbocycles. The standard InChI is InChI=1S/C15H13BrO/c1-9-6-10-2-4-12(17)8-14(10)15-7-11(16)3-5-13(9)15/h2-5,7-9,17H,6H2,1H3. The highest BCUT2D eigenvalue weighted by atomic mass is 79.9. The normalized spacial score (nSPS) is 17.4. The molecule has 1 N–H and O–H groups in total. The third-order valence-corrected chi connectivity index (χ3v) is 3.95. The van der Waals surface area contributed by atoms with Gasteiger partial charge in [-0.2, -0.15) is 0 Å². The van der Waals surface area contributed by atoms with Crippen LogP contribution in [0.1, 0.15) is 24.0 Å². The van der Waals surface area contributed by atoms with Crippen LogP contribution in [0.15, 0.2) is 40.9 Å². The predicted octanol–water partition coefficient (Wildman–Crippen LogP) is 4.48. The van der Waals surface area contributed by atoms with Crippen LogP contribution >= 0.6 is 15.9 Å². The molecule has 0 aliphatic heterocycles. The smallest absolute Gasteiger partial charge is 0.116 e. The van der Waals surface area contributed by atoms with Crippen molar-refractivity contribution in [1.29, 1.82) is 0 Å². The summed E-state index contributed by atoms with van der Waals surface area (Å²) in [5.74, 6) is 0.874. The van der Waals surface area contributed by atoms with Crippen LogP contribution in [0.3, 0.4) is 0 Å². The summed E-state index contributed by atoms with van der Waals surface area (Å²) in [5.41, 5.74) is 5.09. The van der Waals surface area contributed by atoms with Gasteiger partial charge in [0, 0.05) is 4.47 Å². The van der Waals surface area contributed by atoms with E-state index in [9.17, 15) is 5.11 Å². The van der Waals surface area contributed by atoms with E-state index in [4.69, 9.17) is 0 Å². The third kappa shape index (κ3) is 1.77. The molecule has 2 heteroatoms. The fraction of sp³-hybridized carbons (Fsp3) is 0.200. The lowest BCUT2D eigenvalue weighted by Gasteiger charge is -2.25. The summed E-state index contributed by atoms with van der Waals surface area (Å²) in [6.45, 7) is 2.25. The Balaban J connectivity index is 2.30. The van der Waals surface area contributed by atoms with Gasteiger partial charge in [0.25, 0.3) is 0 Å². The lowest BCUT2D eigenvalue weighted by molar-refractivity contribution is 0.475. The number of halogens is 1. The highest BCUT2D eigenvalue weighted by Gasteiger charge is 2.21. The summed E-state index contributed by atoms with van der Waals surface area (Å²) < 4.78 is 1.08. The van der Waals surface area contributed by atoms with E-state index < -0.39 is 0 Å². The average molecular weight is 289 g/mol. The van der Waals surface area contributed by atoms with Gasteiger partial charge in [-0.15, -0.1) is 0 Å². The number of phenols is 1. The molecule has 0 aromatic heterocycles. The van der Waals surface area contributed by atoms with E-state index in [1.165, 1.54) is 22.3 Å². The second kappa shape index (κ2) is 3.88. The molecule has 0 heterocycles. The molecule has 1 unspecified atom stereocenters. The van der Waals surface area contributed by atoms with Gasteiger partial charge in [0.05, 0.1) is 0 Å². The van der Waals surface area contributed by atoms with E-state index in [0.29, 0.717) is 11.7 Å². The average Bonchev–Trinajstić information content (AvgIpc) is 2.30. The largest absolute Gasteiger partial charge is 0.508 e. The van der Waals surface area contributed by atoms with Gasteiger partial charge in [0.15, 0.2) is 0 Å². The quantitative estimate of drug-likeness (QED) is 0.758. The van der Waals surface area contributed by atoms with Crippen LogP contribution in [0.2, 0.25) is 0 Å². The van der Waals surface area contributed by atoms with Crippen LogP contribution in [-0.2, 0) is 6.42 Å². The van der Waals surface area contributed by atoms with Crippen molar-refractivity contribution in [1.82, 2.24) is 0 Å². The summed E-state index contributed by atoms with van der Waals surface area (Å²) in [5, 5.41) is 9.64. The SMILES string of the molecule is CC1Cc2ccc(O)cc2-c2cc(Br)ccc21. The van der Waals surface area contributed by atoms with Crippen LogP contribution in [-0.4, -0.2) is 5.11 Å². The molecule has 0 saturated heterocycles. The van der Waals surface area contributed by atoms with E-state index >= 15 is 0 Å². The maximum absolute atomic E-state index is 9.64. The van der Waals surface area contributed by atoms with Crippen LogP contribution in [0.4, 0.5) is 0 Å². The molecule has 0 fully saturated rings. The van der Waals surface area contributed by atoms with E-state index in [1.54, 1.807) is 6.07 Å². The highest BCUT2D eigenvalue weighted by molar-refractivity contribution is 9.10. The molecule has 0 radical (unpaired) electrons. The fourth-order valence-corrected chi connectivity index (χ4v) is 2.99. The van der Waals surface area contributed by atoms with Crippen molar-refractivity contribution < 1.29 is 5.11 Å². The summed E-state index contributed by atoms with van der Waals surface area (Å²) in [6, 6.07) is 12.1. The van der Waals surface area contributed by atoms with E-state index in [2.05, 4.69) is 41.1 Å². The van der Waals surface area contributed by atoms with Crippen molar-refractivity contribution in [2.24, 2.45) is 0 Å². The first-order valence-corrected chi connectivity index (χ1v) is 6.56. The zero-order chi connectivity index (χ0) is 12.0. The fourth-order valence-electron chi connectivity index (χ4n) is 2.62. The minimum absolute atomic E-state index is 0.337. The first-order chi connectivity index (χ1) is 8.15. The molecule has 2 aromatic carbocycles. The molecule has 3 rings (SSSR count). The van der Waals surface area contributed by atoms with Crippen molar-refractivity contribution in [3.63, 3.8) is 0 Å². The van der Waals surface area contributed by atoms with Gasteiger partial charge in [-0.05, 0) is 58.9 Å². The number of hydrogen-bond acceptors (Lipinski definition) is 1. The number of rotatable bonds is 0. The van der Waals surface area contributed by atoms with Crippen LogP contribution < -0.4 is 0 Å². The monoisotopic (exact) mass is 288 g/mol. The Morgan fingerprint density at radius 2 is 1.94 bits per heavy atom. The van der Waals surface area contributed by atoms with Crippen LogP contribution in [0.5, 0.6) is 5.75 Å². The zero-order valence-electron chi connectivity index (χ0n) is 9.57. The third-order valence-electron chi connectivity index (χ3n) is 3.46. The van der Waals surface area contributed by atoms with Crippen LogP contribution in [0.25, 0.3) is 11.1 Å². The second-order valence-corrected chi connectivity index (χ2v) is 5.59. The predicted molar refractivity (Wildman–Crippen MR) is 73.4 cm³/mol. The summed E-state index contributed by atoms with van der Waals surface area (Å²) in [6.07, 6.45) is 1.05. The molecule has 0 amide bonds. The van der Waals surface area contributed by atoms with Crippen molar-refractivity contribution in [3.8, 4) is 16.9 Å². The molecule has 0 saturated carbocycles. The Kier molecular flexibility index (Phi) is 2.48. The Morgan fingerprint density at radius 1 is 1.12 bits per heavy atom. The van der Waals surface area contributed by atoms with Crippen molar-refractivity contribution in [3.05, 3.63) is 52.0 Å². The maximum Gasteiger partial charge on any atom is 0.116 e. The van der Waals surface area contributed by atoms with E-state index in [0.717, 1.165) is 10.9 Å². The van der Waals surface area contributed by atoms with Gasteiger partial charge in [-0.3, -0.25) is 0 Å². The van der Waals surface area contributed by atoms with Crippen LogP contribution in [0, 0.1) is 0 Å². The summed E-state index contributed by atoms with van der Waals surface area (Å²) in [7, 11) is 0. The molecule has 0 bridgehead atoms. The zero-order valence-corrected chi connectivity index (χ0v) is 11.2. The number of fused-ring (bicyclic) bond motifs is 3. The van der Waals surface area contributed by atoms with Crippen molar-refractivity contribution in [2.45, 2.75) is 19.3 Å². The summed E-state index contributed by atoms with van der Waals surface area (Å²) in [4.78, 5) is 0. The lowest BCUT2D eigenvalue weighted by atomic mass is 9.79. The van der Waals surface area contributed by atoms with Gasteiger partial charge in [0.2, 0.25) is 0 Å². The minimum Gasteiger partial charge on any atom is -0.508 e. The lowest BCUT2D eigenvalue weighted by Crippen LogP contribution is -2.08. The Bertz CT molecular complexity index is 589. The second-order valence-electron chi connectivity index (χ2n) is 4.68. The van der Waals surface area contributed by atoms with Crippen molar-refractivity contribution in [2.75, 3.05) is 0 Å². The number of benzene rings is 2. The maximum atomic E-state index is 9.64. The first kappa shape index (κ1) is 10.8. The van der Waals surface area contributed by atoms with Gasteiger partial charge >= 0.3 is 0 Å². The van der Waals surface area contributed by atoms with Gasteiger partial charge < -0.3 is 5.11 Å². The molecule has 1 atom stereocenters.